The standard InChI is InChI=1S/C11H16ClNO3S/c1-2-16-11(15)5-8(14)6-13-7-9-3-4-10(12)17-9/h3-4,8,13-14H,2,5-7H2,1H3. The highest BCUT2D eigenvalue weighted by Crippen LogP contribution is 2.20. The molecule has 6 heteroatoms. The molecule has 0 bridgehead atoms. The predicted molar refractivity (Wildman–Crippen MR) is 68.3 cm³/mol. The molecular formula is C11H16ClNO3S. The van der Waals surface area contributed by atoms with Gasteiger partial charge in [-0.3, -0.25) is 4.79 Å². The maximum absolute atomic E-state index is 11.1. The second kappa shape index (κ2) is 7.66. The number of carbonyl (C=O) groups excluding carboxylic acids is 1. The second-order valence-electron chi connectivity index (χ2n) is 3.50. The summed E-state index contributed by atoms with van der Waals surface area (Å²) in [6.45, 7) is 3.07. The van der Waals surface area contributed by atoms with E-state index in [-0.39, 0.29) is 12.4 Å². The van der Waals surface area contributed by atoms with E-state index in [1.54, 1.807) is 6.92 Å². The molecule has 0 saturated heterocycles. The van der Waals surface area contributed by atoms with Crippen molar-refractivity contribution in [3.05, 3.63) is 21.3 Å². The number of aliphatic hydroxyl groups excluding tert-OH is 1. The van der Waals surface area contributed by atoms with Crippen LogP contribution in [0.1, 0.15) is 18.2 Å². The van der Waals surface area contributed by atoms with Crippen LogP contribution in [-0.2, 0) is 16.1 Å². The zero-order valence-corrected chi connectivity index (χ0v) is 11.2. The molecule has 0 aromatic carbocycles. The van der Waals surface area contributed by atoms with Crippen molar-refractivity contribution in [2.75, 3.05) is 13.2 Å². The largest absolute Gasteiger partial charge is 0.466 e. The smallest absolute Gasteiger partial charge is 0.308 e. The number of rotatable bonds is 7. The molecule has 96 valence electrons. The van der Waals surface area contributed by atoms with E-state index in [9.17, 15) is 9.90 Å². The molecule has 0 aliphatic carbocycles. The minimum Gasteiger partial charge on any atom is -0.466 e. The van der Waals surface area contributed by atoms with Gasteiger partial charge in [-0.1, -0.05) is 11.6 Å². The van der Waals surface area contributed by atoms with Crippen molar-refractivity contribution in [1.82, 2.24) is 5.32 Å². The lowest BCUT2D eigenvalue weighted by Crippen LogP contribution is -2.28. The zero-order valence-electron chi connectivity index (χ0n) is 9.61. The summed E-state index contributed by atoms with van der Waals surface area (Å²) in [6, 6.07) is 3.76. The summed E-state index contributed by atoms with van der Waals surface area (Å²) in [4.78, 5) is 12.2. The number of aliphatic hydroxyl groups is 1. The Balaban J connectivity index is 2.15. The number of hydrogen-bond acceptors (Lipinski definition) is 5. The Morgan fingerprint density at radius 3 is 3.00 bits per heavy atom. The van der Waals surface area contributed by atoms with Gasteiger partial charge in [-0.25, -0.2) is 0 Å². The maximum atomic E-state index is 11.1. The molecule has 4 nitrogen and oxygen atoms in total. The molecule has 1 atom stereocenters. The van der Waals surface area contributed by atoms with Gasteiger partial charge in [-0.2, -0.15) is 0 Å². The molecule has 0 spiro atoms. The van der Waals surface area contributed by atoms with Crippen molar-refractivity contribution in [3.63, 3.8) is 0 Å². The first kappa shape index (κ1) is 14.4. The predicted octanol–water partition coefficient (Wildman–Crippen LogP) is 1.81. The molecule has 1 aromatic heterocycles. The third kappa shape index (κ3) is 6.02. The molecule has 0 amide bonds. The van der Waals surface area contributed by atoms with Gasteiger partial charge in [0.15, 0.2) is 0 Å². The van der Waals surface area contributed by atoms with E-state index in [1.165, 1.54) is 11.3 Å². The minimum atomic E-state index is -0.718. The highest BCUT2D eigenvalue weighted by molar-refractivity contribution is 7.16. The van der Waals surface area contributed by atoms with Gasteiger partial charge < -0.3 is 15.2 Å². The van der Waals surface area contributed by atoms with Gasteiger partial charge in [0, 0.05) is 18.0 Å². The van der Waals surface area contributed by atoms with Gasteiger partial charge in [-0.15, -0.1) is 11.3 Å². The molecule has 1 unspecified atom stereocenters. The summed E-state index contributed by atoms with van der Waals surface area (Å²) in [5, 5.41) is 12.6. The van der Waals surface area contributed by atoms with E-state index < -0.39 is 6.10 Å². The number of thiophene rings is 1. The molecule has 0 aliphatic heterocycles. The number of ether oxygens (including phenoxy) is 1. The molecule has 0 fully saturated rings. The summed E-state index contributed by atoms with van der Waals surface area (Å²) in [5.41, 5.74) is 0. The van der Waals surface area contributed by atoms with Crippen LogP contribution in [0.2, 0.25) is 4.34 Å². The first-order valence-corrected chi connectivity index (χ1v) is 6.60. The van der Waals surface area contributed by atoms with Gasteiger partial charge in [0.2, 0.25) is 0 Å². The third-order valence-electron chi connectivity index (χ3n) is 2.02. The summed E-state index contributed by atoms with van der Waals surface area (Å²) < 4.78 is 5.48. The fraction of sp³-hybridized carbons (Fsp3) is 0.545. The lowest BCUT2D eigenvalue weighted by atomic mass is 10.2. The monoisotopic (exact) mass is 277 g/mol. The van der Waals surface area contributed by atoms with Crippen molar-refractivity contribution < 1.29 is 14.6 Å². The van der Waals surface area contributed by atoms with Crippen LogP contribution >= 0.6 is 22.9 Å². The maximum Gasteiger partial charge on any atom is 0.308 e. The van der Waals surface area contributed by atoms with Gasteiger partial charge in [0.05, 0.1) is 23.5 Å². The van der Waals surface area contributed by atoms with Crippen molar-refractivity contribution >= 4 is 28.9 Å². The first-order chi connectivity index (χ1) is 8.11. The van der Waals surface area contributed by atoms with Crippen molar-refractivity contribution in [3.8, 4) is 0 Å². The molecule has 0 radical (unpaired) electrons. The van der Waals surface area contributed by atoms with Crippen molar-refractivity contribution in [1.29, 1.82) is 0 Å². The van der Waals surface area contributed by atoms with Gasteiger partial charge in [0.25, 0.3) is 0 Å². The minimum absolute atomic E-state index is 0.0199. The number of halogens is 1. The zero-order chi connectivity index (χ0) is 12.7. The van der Waals surface area contributed by atoms with Crippen LogP contribution in [0.25, 0.3) is 0 Å². The third-order valence-corrected chi connectivity index (χ3v) is 3.25. The van der Waals surface area contributed by atoms with Crippen LogP contribution in [0.4, 0.5) is 0 Å². The lowest BCUT2D eigenvalue weighted by Gasteiger charge is -2.10. The number of nitrogens with one attached hydrogen (secondary N) is 1. The highest BCUT2D eigenvalue weighted by Gasteiger charge is 2.11. The summed E-state index contributed by atoms with van der Waals surface area (Å²) in [7, 11) is 0. The molecule has 1 heterocycles. The Labute approximate surface area is 110 Å². The van der Waals surface area contributed by atoms with Crippen LogP contribution < -0.4 is 5.32 Å². The van der Waals surface area contributed by atoms with E-state index >= 15 is 0 Å². The quantitative estimate of drug-likeness (QED) is 0.746. The summed E-state index contributed by atoms with van der Waals surface area (Å²) in [5.74, 6) is -0.374. The number of esters is 1. The highest BCUT2D eigenvalue weighted by atomic mass is 35.5. The molecule has 0 aliphatic rings. The Bertz CT molecular complexity index is 356. The fourth-order valence-electron chi connectivity index (χ4n) is 1.29. The van der Waals surface area contributed by atoms with Crippen molar-refractivity contribution in [2.45, 2.75) is 26.0 Å². The second-order valence-corrected chi connectivity index (χ2v) is 5.30. The Morgan fingerprint density at radius 2 is 2.41 bits per heavy atom. The molecular weight excluding hydrogens is 262 g/mol. The van der Waals surface area contributed by atoms with Crippen LogP contribution in [0.5, 0.6) is 0 Å². The molecule has 1 aromatic rings. The fourth-order valence-corrected chi connectivity index (χ4v) is 2.35. The topological polar surface area (TPSA) is 58.6 Å². The van der Waals surface area contributed by atoms with E-state index in [0.717, 1.165) is 9.21 Å². The number of hydrogen-bond donors (Lipinski definition) is 2. The van der Waals surface area contributed by atoms with E-state index in [2.05, 4.69) is 5.32 Å². The van der Waals surface area contributed by atoms with E-state index in [1.807, 2.05) is 12.1 Å². The van der Waals surface area contributed by atoms with Crippen LogP contribution in [-0.4, -0.2) is 30.3 Å². The average Bonchev–Trinajstić information content (AvgIpc) is 2.64. The van der Waals surface area contributed by atoms with Gasteiger partial charge in [0.1, 0.15) is 0 Å². The summed E-state index contributed by atoms with van der Waals surface area (Å²) >= 11 is 7.28. The first-order valence-electron chi connectivity index (χ1n) is 5.40. The van der Waals surface area contributed by atoms with Gasteiger partial charge >= 0.3 is 5.97 Å². The average molecular weight is 278 g/mol. The van der Waals surface area contributed by atoms with E-state index in [4.69, 9.17) is 16.3 Å². The molecule has 1 rings (SSSR count). The van der Waals surface area contributed by atoms with Crippen molar-refractivity contribution in [2.24, 2.45) is 0 Å². The normalized spacial score (nSPS) is 12.4. The van der Waals surface area contributed by atoms with Crippen LogP contribution in [0.15, 0.2) is 12.1 Å². The summed E-state index contributed by atoms with van der Waals surface area (Å²) in [6.07, 6.45) is -0.698. The lowest BCUT2D eigenvalue weighted by molar-refractivity contribution is -0.145. The molecule has 17 heavy (non-hydrogen) atoms. The Hall–Kier alpha value is -0.620. The van der Waals surface area contributed by atoms with E-state index in [0.29, 0.717) is 19.7 Å². The Kier molecular flexibility index (Phi) is 6.50. The van der Waals surface area contributed by atoms with Crippen LogP contribution in [0.3, 0.4) is 0 Å². The Morgan fingerprint density at radius 1 is 1.65 bits per heavy atom. The van der Waals surface area contributed by atoms with Gasteiger partial charge in [-0.05, 0) is 19.1 Å². The SMILES string of the molecule is CCOC(=O)CC(O)CNCc1ccc(Cl)s1. The van der Waals surface area contributed by atoms with Crippen LogP contribution in [0, 0.1) is 0 Å². The molecule has 0 saturated carbocycles. The molecule has 2 N–H and O–H groups in total. The number of carbonyl (C=O) groups is 1.